The van der Waals surface area contributed by atoms with Crippen LogP contribution in [-0.4, -0.2) is 4.57 Å². The van der Waals surface area contributed by atoms with Crippen LogP contribution in [0.25, 0.3) is 49.6 Å². The van der Waals surface area contributed by atoms with Gasteiger partial charge < -0.3 is 4.90 Å². The summed E-state index contributed by atoms with van der Waals surface area (Å²) in [5.41, 5.74) is 11.8. The van der Waals surface area contributed by atoms with E-state index in [2.05, 4.69) is 128 Å². The number of hydrogen-bond acceptors (Lipinski definition) is 2. The normalized spacial score (nSPS) is 14.0. The average molecular weight is 553 g/mol. The maximum Gasteiger partial charge on any atom is 0.263 e. The van der Waals surface area contributed by atoms with E-state index < -0.39 is 0 Å². The number of pyridine rings is 1. The molecular formula is C40H28N2O. The molecule has 9 rings (SSSR count). The maximum absolute atomic E-state index is 14.6. The molecule has 204 valence electrons. The molecule has 0 amide bonds. The second kappa shape index (κ2) is 8.56. The van der Waals surface area contributed by atoms with Crippen molar-refractivity contribution in [3.05, 3.63) is 155 Å². The summed E-state index contributed by atoms with van der Waals surface area (Å²) in [4.78, 5) is 17.1. The van der Waals surface area contributed by atoms with Crippen molar-refractivity contribution < 1.29 is 0 Å². The highest BCUT2D eigenvalue weighted by Crippen LogP contribution is 2.57. The minimum absolute atomic E-state index is 0.00613. The molecule has 7 aromatic rings. The third-order valence-electron chi connectivity index (χ3n) is 9.53. The number of anilines is 3. The zero-order chi connectivity index (χ0) is 28.9. The molecule has 3 nitrogen and oxygen atoms in total. The second-order valence-corrected chi connectivity index (χ2v) is 12.1. The topological polar surface area (TPSA) is 25.2 Å². The maximum atomic E-state index is 14.6. The van der Waals surface area contributed by atoms with Crippen LogP contribution in [0.1, 0.15) is 25.0 Å². The Morgan fingerprint density at radius 1 is 0.465 bits per heavy atom. The molecule has 0 spiro atoms. The molecule has 0 radical (unpaired) electrons. The summed E-state index contributed by atoms with van der Waals surface area (Å²) in [6.07, 6.45) is 0. The standard InChI is InChI=1S/C40H28N2O/c1-40(2)32-20-7-10-24-36(32)41-34-22-8-5-14-26(34)27-15-6-9-23-35(27)42-37-28(25-13-3-4-16-31(25)39(42)43)17-11-18-29(37)30-19-12-21-33(40)38(30)41/h3-24H,1-2H3. The molecule has 0 atom stereocenters. The lowest BCUT2D eigenvalue weighted by Gasteiger charge is -2.44. The number of hydrogen-bond donors (Lipinski definition) is 0. The minimum Gasteiger partial charge on any atom is -0.309 e. The molecule has 3 heteroatoms. The summed E-state index contributed by atoms with van der Waals surface area (Å²) in [6.45, 7) is 4.65. The second-order valence-electron chi connectivity index (χ2n) is 12.1. The van der Waals surface area contributed by atoms with Crippen LogP contribution in [0.5, 0.6) is 0 Å². The van der Waals surface area contributed by atoms with Gasteiger partial charge in [-0.1, -0.05) is 123 Å². The first-order valence-corrected chi connectivity index (χ1v) is 14.8. The molecule has 2 aliphatic rings. The van der Waals surface area contributed by atoms with E-state index in [4.69, 9.17) is 0 Å². The Morgan fingerprint density at radius 3 is 1.81 bits per heavy atom. The van der Waals surface area contributed by atoms with E-state index in [0.29, 0.717) is 0 Å². The number of nitrogens with zero attached hydrogens (tertiary/aromatic N) is 2. The van der Waals surface area contributed by atoms with Gasteiger partial charge in [0.2, 0.25) is 0 Å². The van der Waals surface area contributed by atoms with Crippen LogP contribution < -0.4 is 10.5 Å². The smallest absolute Gasteiger partial charge is 0.263 e. The zero-order valence-electron chi connectivity index (χ0n) is 24.0. The minimum atomic E-state index is -0.230. The Bertz CT molecular complexity index is 2360. The van der Waals surface area contributed by atoms with Gasteiger partial charge >= 0.3 is 0 Å². The Balaban J connectivity index is 1.59. The summed E-state index contributed by atoms with van der Waals surface area (Å²) < 4.78 is 1.97. The zero-order valence-corrected chi connectivity index (χ0v) is 24.0. The quantitative estimate of drug-likeness (QED) is 0.175. The van der Waals surface area contributed by atoms with Gasteiger partial charge in [-0.15, -0.1) is 0 Å². The first-order valence-electron chi connectivity index (χ1n) is 14.8. The van der Waals surface area contributed by atoms with E-state index in [0.717, 1.165) is 61.0 Å². The van der Waals surface area contributed by atoms with Crippen molar-refractivity contribution in [2.75, 3.05) is 4.90 Å². The van der Waals surface area contributed by atoms with Gasteiger partial charge in [0.15, 0.2) is 0 Å². The molecule has 0 saturated carbocycles. The molecule has 1 aromatic heterocycles. The van der Waals surface area contributed by atoms with Gasteiger partial charge in [0.1, 0.15) is 0 Å². The molecule has 0 fully saturated rings. The number of para-hydroxylation sites is 5. The van der Waals surface area contributed by atoms with Crippen molar-refractivity contribution >= 4 is 38.7 Å². The highest BCUT2D eigenvalue weighted by molar-refractivity contribution is 6.13. The van der Waals surface area contributed by atoms with Crippen molar-refractivity contribution in [1.82, 2.24) is 4.57 Å². The summed E-state index contributed by atoms with van der Waals surface area (Å²) in [7, 11) is 0. The SMILES string of the molecule is CC1(C)c2ccccc2N2c3ccccc3-c3ccccc3-n3c(=O)c4ccccc4c4cccc(c43)-c3cccc1c32. The predicted octanol–water partition coefficient (Wildman–Crippen LogP) is 9.90. The largest absolute Gasteiger partial charge is 0.309 e. The van der Waals surface area contributed by atoms with Gasteiger partial charge in [0.25, 0.3) is 5.56 Å². The van der Waals surface area contributed by atoms with Crippen molar-refractivity contribution in [3.8, 4) is 27.9 Å². The van der Waals surface area contributed by atoms with Crippen LogP contribution in [0.15, 0.2) is 138 Å². The third-order valence-corrected chi connectivity index (χ3v) is 9.53. The van der Waals surface area contributed by atoms with E-state index in [1.165, 1.54) is 16.8 Å². The molecule has 0 saturated heterocycles. The van der Waals surface area contributed by atoms with Crippen LogP contribution in [0.3, 0.4) is 0 Å². The van der Waals surface area contributed by atoms with Gasteiger partial charge in [-0.2, -0.15) is 0 Å². The summed E-state index contributed by atoms with van der Waals surface area (Å²) in [5, 5.41) is 2.76. The predicted molar refractivity (Wildman–Crippen MR) is 178 cm³/mol. The fraction of sp³-hybridized carbons (Fsp3) is 0.0750. The molecule has 6 aromatic carbocycles. The van der Waals surface area contributed by atoms with Crippen molar-refractivity contribution in [1.29, 1.82) is 0 Å². The van der Waals surface area contributed by atoms with Crippen LogP contribution >= 0.6 is 0 Å². The highest BCUT2D eigenvalue weighted by Gasteiger charge is 2.39. The molecule has 3 heterocycles. The van der Waals surface area contributed by atoms with Crippen molar-refractivity contribution in [3.63, 3.8) is 0 Å². The molecule has 0 N–H and O–H groups in total. The van der Waals surface area contributed by atoms with E-state index in [1.807, 2.05) is 28.8 Å². The first kappa shape index (κ1) is 24.2. The van der Waals surface area contributed by atoms with E-state index in [-0.39, 0.29) is 11.0 Å². The number of fused-ring (bicyclic) bond motifs is 10. The van der Waals surface area contributed by atoms with E-state index in [1.54, 1.807) is 0 Å². The van der Waals surface area contributed by atoms with E-state index in [9.17, 15) is 4.79 Å². The van der Waals surface area contributed by atoms with Gasteiger partial charge in [-0.05, 0) is 40.8 Å². The van der Waals surface area contributed by atoms with Gasteiger partial charge in [0.05, 0.1) is 28.3 Å². The fourth-order valence-electron chi connectivity index (χ4n) is 7.59. The molecule has 43 heavy (non-hydrogen) atoms. The van der Waals surface area contributed by atoms with E-state index >= 15 is 0 Å². The third kappa shape index (κ3) is 3.11. The molecule has 0 unspecified atom stereocenters. The summed E-state index contributed by atoms with van der Waals surface area (Å²) in [5.74, 6) is 0. The Kier molecular flexibility index (Phi) is 4.82. The van der Waals surface area contributed by atoms with Crippen LogP contribution in [0.2, 0.25) is 0 Å². The molecule has 2 aliphatic heterocycles. The Hall–Kier alpha value is -5.41. The number of rotatable bonds is 0. The Morgan fingerprint density at radius 2 is 1.00 bits per heavy atom. The van der Waals surface area contributed by atoms with Crippen LogP contribution in [0, 0.1) is 0 Å². The highest BCUT2D eigenvalue weighted by atomic mass is 16.1. The van der Waals surface area contributed by atoms with Crippen molar-refractivity contribution in [2.45, 2.75) is 19.3 Å². The van der Waals surface area contributed by atoms with Crippen molar-refractivity contribution in [2.24, 2.45) is 0 Å². The molecule has 0 aliphatic carbocycles. The number of aromatic nitrogens is 1. The lowest BCUT2D eigenvalue weighted by molar-refractivity contribution is 0.632. The summed E-state index contributed by atoms with van der Waals surface area (Å²) >= 11 is 0. The lowest BCUT2D eigenvalue weighted by Crippen LogP contribution is -2.31. The lowest BCUT2D eigenvalue weighted by atomic mass is 9.72. The fourth-order valence-corrected chi connectivity index (χ4v) is 7.59. The molecular weight excluding hydrogens is 524 g/mol. The van der Waals surface area contributed by atoms with Gasteiger partial charge in [-0.3, -0.25) is 9.36 Å². The first-order chi connectivity index (χ1) is 21.1. The van der Waals surface area contributed by atoms with Crippen LogP contribution in [0.4, 0.5) is 17.1 Å². The average Bonchev–Trinajstić information content (AvgIpc) is 3.05. The monoisotopic (exact) mass is 552 g/mol. The Labute approximate surface area is 249 Å². The van der Waals surface area contributed by atoms with Gasteiger partial charge in [0, 0.05) is 38.4 Å². The number of benzene rings is 6. The summed E-state index contributed by atoms with van der Waals surface area (Å²) in [6, 6.07) is 46.9. The van der Waals surface area contributed by atoms with Crippen LogP contribution in [-0.2, 0) is 5.41 Å². The molecule has 0 bridgehead atoms. The van der Waals surface area contributed by atoms with Gasteiger partial charge in [-0.25, -0.2) is 0 Å².